The molecule has 0 bridgehead atoms. The molecule has 0 spiro atoms. The molecule has 0 atom stereocenters. The molecule has 0 saturated carbocycles. The van der Waals surface area contributed by atoms with Crippen molar-refractivity contribution in [3.05, 3.63) is 0 Å². The van der Waals surface area contributed by atoms with E-state index in [-0.39, 0.29) is 11.8 Å². The number of hydrogen-bond donors (Lipinski definition) is 3. The van der Waals surface area contributed by atoms with Gasteiger partial charge in [0.1, 0.15) is 6.29 Å². The summed E-state index contributed by atoms with van der Waals surface area (Å²) >= 11 is 0. The van der Waals surface area contributed by atoms with Crippen LogP contribution in [0, 0.1) is 0 Å². The first-order valence-corrected chi connectivity index (χ1v) is 22.0. The Kier molecular flexibility index (Phi) is 39.2. The molecule has 0 aliphatic heterocycles. The summed E-state index contributed by atoms with van der Waals surface area (Å²) < 4.78 is 0. The average Bonchev–Trinajstić information content (AvgIpc) is 3.13. The standard InChI is InChI=1S/C43H85N5O3/c1-4-6-8-10-12-14-16-18-20-22-24-26-28-32-42(50)46-35-38-48(37-34-45-41(44-3)31-30-40-49)39-36-47-43(51)33-29-27-25-23-21-19-17-15-13-11-9-7-5-2/h40H,4-39H2,1-3H3,(H,44,45)(H,46,50)(H,47,51). The zero-order valence-electron chi connectivity index (χ0n) is 34.2. The lowest BCUT2D eigenvalue weighted by Gasteiger charge is -2.23. The van der Waals surface area contributed by atoms with Crippen molar-refractivity contribution < 1.29 is 14.4 Å². The number of amidine groups is 1. The zero-order chi connectivity index (χ0) is 37.3. The van der Waals surface area contributed by atoms with Crippen LogP contribution in [0.15, 0.2) is 4.99 Å². The van der Waals surface area contributed by atoms with Crippen LogP contribution < -0.4 is 16.0 Å². The van der Waals surface area contributed by atoms with Gasteiger partial charge in [0.05, 0.1) is 5.84 Å². The van der Waals surface area contributed by atoms with Crippen LogP contribution in [0.25, 0.3) is 0 Å². The third-order valence-electron chi connectivity index (χ3n) is 10.0. The summed E-state index contributed by atoms with van der Waals surface area (Å²) in [6, 6.07) is 0. The summed E-state index contributed by atoms with van der Waals surface area (Å²) in [5, 5.41) is 9.57. The number of nitrogens with one attached hydrogen (secondary N) is 3. The van der Waals surface area contributed by atoms with Gasteiger partial charge in [-0.05, 0) is 12.8 Å². The van der Waals surface area contributed by atoms with Crippen LogP contribution in [0.3, 0.4) is 0 Å². The number of carbonyl (C=O) groups is 3. The highest BCUT2D eigenvalue weighted by atomic mass is 16.2. The number of amides is 2. The zero-order valence-corrected chi connectivity index (χ0v) is 34.2. The maximum Gasteiger partial charge on any atom is 0.220 e. The second-order valence-electron chi connectivity index (χ2n) is 14.8. The minimum absolute atomic E-state index is 0.136. The summed E-state index contributed by atoms with van der Waals surface area (Å²) in [5.74, 6) is 1.10. The van der Waals surface area contributed by atoms with Crippen molar-refractivity contribution in [2.24, 2.45) is 4.99 Å². The van der Waals surface area contributed by atoms with Crippen LogP contribution in [0.4, 0.5) is 0 Å². The second kappa shape index (κ2) is 40.8. The SMILES string of the molecule is CCCCCCCCCCCCCCCC(=O)NCCN(CCNC(=O)CCCCCCCCCCCCCCC)CCNC(CCC=O)=NC. The Morgan fingerprint density at radius 3 is 1.10 bits per heavy atom. The molecular weight excluding hydrogens is 635 g/mol. The first-order valence-electron chi connectivity index (χ1n) is 22.0. The van der Waals surface area contributed by atoms with E-state index in [1.807, 2.05) is 0 Å². The normalized spacial score (nSPS) is 11.6. The van der Waals surface area contributed by atoms with Gasteiger partial charge in [-0.1, -0.05) is 168 Å². The number of aliphatic imine (C=N–C) groups is 1. The largest absolute Gasteiger partial charge is 0.373 e. The summed E-state index contributed by atoms with van der Waals surface area (Å²) in [5.41, 5.74) is 0. The van der Waals surface area contributed by atoms with Crippen LogP contribution in [-0.4, -0.2) is 75.2 Å². The van der Waals surface area contributed by atoms with Crippen molar-refractivity contribution in [3.63, 3.8) is 0 Å². The molecule has 0 aliphatic rings. The Bertz CT molecular complexity index is 759. The average molecular weight is 720 g/mol. The van der Waals surface area contributed by atoms with Gasteiger partial charge in [-0.25, -0.2) is 0 Å². The minimum atomic E-state index is 0.136. The van der Waals surface area contributed by atoms with E-state index < -0.39 is 0 Å². The number of hydrogen-bond acceptors (Lipinski definition) is 5. The van der Waals surface area contributed by atoms with Gasteiger partial charge < -0.3 is 20.7 Å². The molecule has 51 heavy (non-hydrogen) atoms. The summed E-state index contributed by atoms with van der Waals surface area (Å²) in [7, 11) is 1.74. The number of unbranched alkanes of at least 4 members (excludes halogenated alkanes) is 24. The van der Waals surface area contributed by atoms with Gasteiger partial charge in [-0.15, -0.1) is 0 Å². The molecule has 300 valence electrons. The quantitative estimate of drug-likeness (QED) is 0.0253. The molecule has 0 aromatic heterocycles. The molecule has 0 aromatic rings. The minimum Gasteiger partial charge on any atom is -0.373 e. The monoisotopic (exact) mass is 720 g/mol. The van der Waals surface area contributed by atoms with Gasteiger partial charge in [0.2, 0.25) is 11.8 Å². The van der Waals surface area contributed by atoms with Crippen molar-refractivity contribution in [1.29, 1.82) is 0 Å². The molecule has 2 amide bonds. The molecule has 0 rings (SSSR count). The van der Waals surface area contributed by atoms with E-state index >= 15 is 0 Å². The van der Waals surface area contributed by atoms with Crippen molar-refractivity contribution in [1.82, 2.24) is 20.9 Å². The molecule has 0 unspecified atom stereocenters. The van der Waals surface area contributed by atoms with E-state index in [2.05, 4.69) is 39.7 Å². The van der Waals surface area contributed by atoms with Gasteiger partial charge in [-0.2, -0.15) is 0 Å². The maximum absolute atomic E-state index is 12.5. The molecule has 0 saturated heterocycles. The lowest BCUT2D eigenvalue weighted by Crippen LogP contribution is -2.43. The topological polar surface area (TPSA) is 103 Å². The Labute approximate surface area is 316 Å². The van der Waals surface area contributed by atoms with Crippen molar-refractivity contribution >= 4 is 23.9 Å². The molecule has 0 aromatic carbocycles. The highest BCUT2D eigenvalue weighted by molar-refractivity contribution is 5.83. The van der Waals surface area contributed by atoms with Gasteiger partial charge >= 0.3 is 0 Å². The lowest BCUT2D eigenvalue weighted by atomic mass is 10.0. The summed E-state index contributed by atoms with van der Waals surface area (Å²) in [4.78, 5) is 42.3. The predicted octanol–water partition coefficient (Wildman–Crippen LogP) is 10.1. The van der Waals surface area contributed by atoms with Crippen LogP contribution in [0.2, 0.25) is 0 Å². The Balaban J connectivity index is 4.14. The van der Waals surface area contributed by atoms with Crippen LogP contribution in [0.1, 0.15) is 206 Å². The smallest absolute Gasteiger partial charge is 0.220 e. The molecule has 8 nitrogen and oxygen atoms in total. The molecule has 0 heterocycles. The van der Waals surface area contributed by atoms with Gasteiger partial charge in [0.25, 0.3) is 0 Å². The fraction of sp³-hybridized carbons (Fsp3) is 0.907. The Morgan fingerprint density at radius 1 is 0.471 bits per heavy atom. The van der Waals surface area contributed by atoms with Crippen molar-refractivity contribution in [2.45, 2.75) is 206 Å². The maximum atomic E-state index is 12.5. The number of nitrogens with zero attached hydrogens (tertiary/aromatic N) is 2. The van der Waals surface area contributed by atoms with Gasteiger partial charge in [0, 0.05) is 72.0 Å². The highest BCUT2D eigenvalue weighted by Crippen LogP contribution is 2.14. The van der Waals surface area contributed by atoms with Crippen LogP contribution in [0.5, 0.6) is 0 Å². The van der Waals surface area contributed by atoms with E-state index in [0.717, 1.165) is 57.4 Å². The van der Waals surface area contributed by atoms with E-state index in [1.165, 1.54) is 141 Å². The fourth-order valence-corrected chi connectivity index (χ4v) is 6.66. The summed E-state index contributed by atoms with van der Waals surface area (Å²) in [6.45, 7) is 8.67. The van der Waals surface area contributed by atoms with Gasteiger partial charge in [0.15, 0.2) is 0 Å². The molecule has 0 fully saturated rings. The third kappa shape index (κ3) is 37.6. The molecule has 0 aliphatic carbocycles. The van der Waals surface area contributed by atoms with E-state index in [9.17, 15) is 14.4 Å². The third-order valence-corrected chi connectivity index (χ3v) is 10.0. The lowest BCUT2D eigenvalue weighted by molar-refractivity contribution is -0.121. The van der Waals surface area contributed by atoms with Gasteiger partial charge in [-0.3, -0.25) is 19.5 Å². The first-order chi connectivity index (χ1) is 25.1. The number of aldehydes is 1. The van der Waals surface area contributed by atoms with Crippen LogP contribution in [-0.2, 0) is 14.4 Å². The fourth-order valence-electron chi connectivity index (χ4n) is 6.66. The Hall–Kier alpha value is -1.96. The van der Waals surface area contributed by atoms with Crippen molar-refractivity contribution in [2.75, 3.05) is 46.3 Å². The van der Waals surface area contributed by atoms with Crippen molar-refractivity contribution in [3.8, 4) is 0 Å². The first kappa shape index (κ1) is 49.0. The second-order valence-corrected chi connectivity index (χ2v) is 14.8. The highest BCUT2D eigenvalue weighted by Gasteiger charge is 2.09. The van der Waals surface area contributed by atoms with Crippen LogP contribution >= 0.6 is 0 Å². The molecule has 8 heteroatoms. The molecular formula is C43H85N5O3. The predicted molar refractivity (Wildman–Crippen MR) is 220 cm³/mol. The summed E-state index contributed by atoms with van der Waals surface area (Å²) in [6.07, 6.45) is 37.1. The number of carbonyl (C=O) groups excluding carboxylic acids is 3. The van der Waals surface area contributed by atoms with E-state index in [0.29, 0.717) is 45.3 Å². The Morgan fingerprint density at radius 2 is 0.784 bits per heavy atom. The molecule has 3 N–H and O–H groups in total. The molecule has 0 radical (unpaired) electrons. The van der Waals surface area contributed by atoms with E-state index in [4.69, 9.17) is 0 Å². The van der Waals surface area contributed by atoms with E-state index in [1.54, 1.807) is 7.05 Å². The number of rotatable bonds is 40.